The molecule has 0 fully saturated rings. The highest BCUT2D eigenvalue weighted by Gasteiger charge is 2.24. The Morgan fingerprint density at radius 3 is 2.21 bits per heavy atom. The van der Waals surface area contributed by atoms with Gasteiger partial charge in [0.25, 0.3) is 0 Å². The topological polar surface area (TPSA) is 101 Å². The molecule has 0 aromatic carbocycles. The van der Waals surface area contributed by atoms with Crippen molar-refractivity contribution in [3.63, 3.8) is 0 Å². The van der Waals surface area contributed by atoms with Crippen molar-refractivity contribution in [1.82, 2.24) is 5.32 Å². The van der Waals surface area contributed by atoms with Gasteiger partial charge in [0.15, 0.2) is 9.84 Å². The summed E-state index contributed by atoms with van der Waals surface area (Å²) < 4.78 is 22.2. The van der Waals surface area contributed by atoms with Gasteiger partial charge in [-0.15, -0.1) is 0 Å². The molecule has 0 bridgehead atoms. The zero-order valence-corrected chi connectivity index (χ0v) is 8.80. The van der Waals surface area contributed by atoms with Crippen LogP contribution in [-0.2, 0) is 19.4 Å². The van der Waals surface area contributed by atoms with Crippen molar-refractivity contribution in [1.29, 1.82) is 0 Å². The standard InChI is InChI=1S/C7H13NO5S/c1-3-14(12,13)4-6(7(10)11)8-5(2)9/h6H,3-4H2,1-2H3,(H,8,9)(H,10,11)/t6-/m0/s1. The minimum absolute atomic E-state index is 0.142. The molecule has 0 aliphatic rings. The van der Waals surface area contributed by atoms with Crippen LogP contribution >= 0.6 is 0 Å². The van der Waals surface area contributed by atoms with E-state index < -0.39 is 33.5 Å². The number of hydrogen-bond acceptors (Lipinski definition) is 4. The molecule has 0 aromatic rings. The summed E-state index contributed by atoms with van der Waals surface area (Å²) in [6.07, 6.45) is 0. The molecule has 0 aliphatic carbocycles. The molecule has 0 saturated carbocycles. The number of amides is 1. The second-order valence-electron chi connectivity index (χ2n) is 2.79. The lowest BCUT2D eigenvalue weighted by Gasteiger charge is -2.12. The lowest BCUT2D eigenvalue weighted by molar-refractivity contribution is -0.140. The van der Waals surface area contributed by atoms with Crippen molar-refractivity contribution < 1.29 is 23.1 Å². The van der Waals surface area contributed by atoms with Gasteiger partial charge in [-0.1, -0.05) is 6.92 Å². The molecule has 1 atom stereocenters. The number of aliphatic carboxylic acids is 1. The predicted molar refractivity (Wildman–Crippen MR) is 49.6 cm³/mol. The number of carboxylic acids is 1. The van der Waals surface area contributed by atoms with E-state index in [-0.39, 0.29) is 5.75 Å². The highest BCUT2D eigenvalue weighted by molar-refractivity contribution is 7.91. The van der Waals surface area contributed by atoms with Gasteiger partial charge in [-0.3, -0.25) is 4.79 Å². The Bertz CT molecular complexity index is 321. The Morgan fingerprint density at radius 2 is 1.93 bits per heavy atom. The van der Waals surface area contributed by atoms with Crippen molar-refractivity contribution >= 4 is 21.7 Å². The van der Waals surface area contributed by atoms with E-state index in [0.717, 1.165) is 6.92 Å². The first-order valence-corrected chi connectivity index (χ1v) is 5.81. The molecule has 82 valence electrons. The van der Waals surface area contributed by atoms with Crippen LogP contribution in [0.2, 0.25) is 0 Å². The van der Waals surface area contributed by atoms with Crippen LogP contribution in [0.15, 0.2) is 0 Å². The van der Waals surface area contributed by atoms with Crippen LogP contribution in [0.3, 0.4) is 0 Å². The summed E-state index contributed by atoms with van der Waals surface area (Å²) in [6.45, 7) is 2.55. The zero-order valence-electron chi connectivity index (χ0n) is 7.98. The largest absolute Gasteiger partial charge is 0.480 e. The van der Waals surface area contributed by atoms with Crippen LogP contribution in [0, 0.1) is 0 Å². The molecule has 2 N–H and O–H groups in total. The molecule has 7 heteroatoms. The SMILES string of the molecule is CCS(=O)(=O)C[C@H](NC(C)=O)C(=O)O. The summed E-state index contributed by atoms with van der Waals surface area (Å²) in [5.41, 5.74) is 0. The van der Waals surface area contributed by atoms with Gasteiger partial charge in [-0.25, -0.2) is 13.2 Å². The minimum Gasteiger partial charge on any atom is -0.480 e. The Balaban J connectivity index is 4.54. The summed E-state index contributed by atoms with van der Waals surface area (Å²) in [4.78, 5) is 21.1. The highest BCUT2D eigenvalue weighted by Crippen LogP contribution is 1.95. The van der Waals surface area contributed by atoms with Gasteiger partial charge < -0.3 is 10.4 Å². The van der Waals surface area contributed by atoms with E-state index >= 15 is 0 Å². The molecular weight excluding hydrogens is 210 g/mol. The molecule has 1 amide bonds. The Hall–Kier alpha value is -1.11. The van der Waals surface area contributed by atoms with Crippen LogP contribution in [-0.4, -0.2) is 42.9 Å². The van der Waals surface area contributed by atoms with Gasteiger partial charge in [0.1, 0.15) is 6.04 Å². The van der Waals surface area contributed by atoms with Gasteiger partial charge in [-0.05, 0) is 0 Å². The molecule has 14 heavy (non-hydrogen) atoms. The third-order valence-corrected chi connectivity index (χ3v) is 3.26. The van der Waals surface area contributed by atoms with E-state index in [1.807, 2.05) is 0 Å². The summed E-state index contributed by atoms with van der Waals surface area (Å²) in [6, 6.07) is -1.36. The molecule has 6 nitrogen and oxygen atoms in total. The number of nitrogens with one attached hydrogen (secondary N) is 1. The third kappa shape index (κ3) is 4.80. The van der Waals surface area contributed by atoms with E-state index in [1.165, 1.54) is 6.92 Å². The van der Waals surface area contributed by atoms with Gasteiger partial charge in [0.2, 0.25) is 5.91 Å². The number of hydrogen-bond donors (Lipinski definition) is 2. The number of carbonyl (C=O) groups is 2. The fourth-order valence-corrected chi connectivity index (χ4v) is 1.76. The van der Waals surface area contributed by atoms with Gasteiger partial charge in [0, 0.05) is 12.7 Å². The lowest BCUT2D eigenvalue weighted by atomic mass is 10.3. The van der Waals surface area contributed by atoms with Crippen LogP contribution < -0.4 is 5.32 Å². The van der Waals surface area contributed by atoms with Crippen molar-refractivity contribution in [3.05, 3.63) is 0 Å². The molecule has 0 unspecified atom stereocenters. The fourth-order valence-electron chi connectivity index (χ4n) is 0.792. The fraction of sp³-hybridized carbons (Fsp3) is 0.714. The summed E-state index contributed by atoms with van der Waals surface area (Å²) in [5.74, 6) is -2.63. The average Bonchev–Trinajstić information content (AvgIpc) is 2.02. The maximum Gasteiger partial charge on any atom is 0.327 e. The quantitative estimate of drug-likeness (QED) is 0.623. The van der Waals surface area contributed by atoms with Crippen LogP contribution in [0.25, 0.3) is 0 Å². The van der Waals surface area contributed by atoms with Crippen molar-refractivity contribution in [2.45, 2.75) is 19.9 Å². The number of carbonyl (C=O) groups excluding carboxylic acids is 1. The van der Waals surface area contributed by atoms with E-state index in [2.05, 4.69) is 5.32 Å². The van der Waals surface area contributed by atoms with E-state index in [1.54, 1.807) is 0 Å². The Labute approximate surface area is 82.2 Å². The number of sulfone groups is 1. The van der Waals surface area contributed by atoms with Gasteiger partial charge >= 0.3 is 5.97 Å². The molecule has 0 heterocycles. The first kappa shape index (κ1) is 12.9. The van der Waals surface area contributed by atoms with Crippen molar-refractivity contribution in [2.75, 3.05) is 11.5 Å². The van der Waals surface area contributed by atoms with E-state index in [4.69, 9.17) is 5.11 Å². The molecular formula is C7H13NO5S. The normalized spacial score (nSPS) is 13.3. The van der Waals surface area contributed by atoms with Gasteiger partial charge in [-0.2, -0.15) is 0 Å². The Kier molecular flexibility index (Phi) is 4.55. The zero-order chi connectivity index (χ0) is 11.4. The summed E-state index contributed by atoms with van der Waals surface area (Å²) in [5, 5.41) is 10.7. The van der Waals surface area contributed by atoms with Crippen LogP contribution in [0.5, 0.6) is 0 Å². The lowest BCUT2D eigenvalue weighted by Crippen LogP contribution is -2.44. The molecule has 0 spiro atoms. The maximum atomic E-state index is 11.1. The molecule has 0 aromatic heterocycles. The predicted octanol–water partition coefficient (Wildman–Crippen LogP) is -0.990. The average molecular weight is 223 g/mol. The third-order valence-electron chi connectivity index (χ3n) is 1.54. The van der Waals surface area contributed by atoms with Crippen LogP contribution in [0.4, 0.5) is 0 Å². The molecule has 0 radical (unpaired) electrons. The van der Waals surface area contributed by atoms with Crippen LogP contribution in [0.1, 0.15) is 13.8 Å². The Morgan fingerprint density at radius 1 is 1.43 bits per heavy atom. The second kappa shape index (κ2) is 4.94. The summed E-state index contributed by atoms with van der Waals surface area (Å²) in [7, 11) is -3.40. The first-order chi connectivity index (χ1) is 6.28. The molecule has 0 rings (SSSR count). The number of carboxylic acid groups (broad SMARTS) is 1. The monoisotopic (exact) mass is 223 g/mol. The van der Waals surface area contributed by atoms with E-state index in [9.17, 15) is 18.0 Å². The summed E-state index contributed by atoms with van der Waals surface area (Å²) >= 11 is 0. The molecule has 0 saturated heterocycles. The van der Waals surface area contributed by atoms with E-state index in [0.29, 0.717) is 0 Å². The minimum atomic E-state index is -3.40. The second-order valence-corrected chi connectivity index (χ2v) is 5.19. The maximum absolute atomic E-state index is 11.1. The first-order valence-electron chi connectivity index (χ1n) is 3.99. The highest BCUT2D eigenvalue weighted by atomic mass is 32.2. The van der Waals surface area contributed by atoms with Crippen molar-refractivity contribution in [3.8, 4) is 0 Å². The van der Waals surface area contributed by atoms with Gasteiger partial charge in [0.05, 0.1) is 5.75 Å². The van der Waals surface area contributed by atoms with Crippen molar-refractivity contribution in [2.24, 2.45) is 0 Å². The molecule has 0 aliphatic heterocycles. The smallest absolute Gasteiger partial charge is 0.327 e. The number of rotatable bonds is 5.